The second kappa shape index (κ2) is 8.15. The van der Waals surface area contributed by atoms with Gasteiger partial charge in [0, 0.05) is 19.1 Å². The summed E-state index contributed by atoms with van der Waals surface area (Å²) in [5.74, 6) is -0.0523. The Morgan fingerprint density at radius 2 is 2.14 bits per heavy atom. The first-order chi connectivity index (χ1) is 10.2. The first-order valence-electron chi connectivity index (χ1n) is 7.98. The maximum Gasteiger partial charge on any atom is 0.237 e. The van der Waals surface area contributed by atoms with Crippen LogP contribution in [0.4, 0.5) is 0 Å². The molecular formula is C17H27N3O. The van der Waals surface area contributed by atoms with E-state index in [1.54, 1.807) is 0 Å². The highest BCUT2D eigenvalue weighted by Gasteiger charge is 2.18. The van der Waals surface area contributed by atoms with Crippen LogP contribution in [-0.2, 0) is 11.2 Å². The Balaban J connectivity index is 1.69. The predicted octanol–water partition coefficient (Wildman–Crippen LogP) is 1.55. The van der Waals surface area contributed by atoms with Crippen LogP contribution < -0.4 is 11.1 Å². The van der Waals surface area contributed by atoms with Crippen LogP contribution in [0.2, 0.25) is 0 Å². The van der Waals surface area contributed by atoms with E-state index in [2.05, 4.69) is 17.1 Å². The molecule has 3 N–H and O–H groups in total. The first kappa shape index (κ1) is 16.0. The topological polar surface area (TPSA) is 58.4 Å². The molecule has 1 aromatic carbocycles. The van der Waals surface area contributed by atoms with Crippen LogP contribution in [0.5, 0.6) is 0 Å². The molecule has 1 heterocycles. The van der Waals surface area contributed by atoms with Crippen molar-refractivity contribution < 1.29 is 4.79 Å². The van der Waals surface area contributed by atoms with Crippen molar-refractivity contribution >= 4 is 5.91 Å². The molecule has 1 aromatic rings. The van der Waals surface area contributed by atoms with Crippen LogP contribution in [0.3, 0.4) is 0 Å². The van der Waals surface area contributed by atoms with Gasteiger partial charge in [0.2, 0.25) is 5.91 Å². The average Bonchev–Trinajstić information content (AvgIpc) is 2.50. The summed E-state index contributed by atoms with van der Waals surface area (Å²) in [5.41, 5.74) is 7.07. The molecule has 0 saturated carbocycles. The number of carbonyl (C=O) groups excluding carboxylic acids is 1. The lowest BCUT2D eigenvalue weighted by Gasteiger charge is -2.33. The van der Waals surface area contributed by atoms with Crippen LogP contribution >= 0.6 is 0 Å². The van der Waals surface area contributed by atoms with E-state index < -0.39 is 6.04 Å². The van der Waals surface area contributed by atoms with Gasteiger partial charge in [0.1, 0.15) is 0 Å². The number of nitrogens with one attached hydrogen (secondary N) is 1. The molecule has 1 fully saturated rings. The number of rotatable bonds is 6. The van der Waals surface area contributed by atoms with E-state index in [1.807, 2.05) is 30.3 Å². The van der Waals surface area contributed by atoms with E-state index in [9.17, 15) is 4.79 Å². The Morgan fingerprint density at radius 1 is 1.38 bits per heavy atom. The molecule has 0 spiro atoms. The third-order valence-electron chi connectivity index (χ3n) is 4.27. The summed E-state index contributed by atoms with van der Waals surface area (Å²) < 4.78 is 0. The standard InChI is InChI=1S/C17H27N3O/c1-14-7-5-6-11-20(14)12-10-19-17(21)16(18)13-15-8-3-2-4-9-15/h2-4,8-9,14,16H,5-7,10-13,18H2,1H3,(H,19,21). The third kappa shape index (κ3) is 5.14. The fourth-order valence-corrected chi connectivity index (χ4v) is 2.90. The molecule has 116 valence electrons. The lowest BCUT2D eigenvalue weighted by Crippen LogP contribution is -2.46. The minimum atomic E-state index is -0.467. The Hall–Kier alpha value is -1.39. The molecule has 0 aliphatic carbocycles. The van der Waals surface area contributed by atoms with Crippen molar-refractivity contribution in [2.75, 3.05) is 19.6 Å². The summed E-state index contributed by atoms with van der Waals surface area (Å²) in [5, 5.41) is 2.96. The van der Waals surface area contributed by atoms with Crippen molar-refractivity contribution in [3.63, 3.8) is 0 Å². The van der Waals surface area contributed by atoms with Crippen molar-refractivity contribution in [2.45, 2.75) is 44.7 Å². The summed E-state index contributed by atoms with van der Waals surface area (Å²) in [4.78, 5) is 14.5. The molecule has 0 radical (unpaired) electrons. The molecule has 0 aromatic heterocycles. The molecule has 1 aliphatic heterocycles. The Bertz CT molecular complexity index is 435. The van der Waals surface area contributed by atoms with Crippen LogP contribution in [-0.4, -0.2) is 42.5 Å². The molecule has 2 unspecified atom stereocenters. The summed E-state index contributed by atoms with van der Waals surface area (Å²) >= 11 is 0. The molecule has 2 atom stereocenters. The van der Waals surface area contributed by atoms with E-state index >= 15 is 0 Å². The highest BCUT2D eigenvalue weighted by molar-refractivity contribution is 5.81. The van der Waals surface area contributed by atoms with E-state index in [-0.39, 0.29) is 5.91 Å². The highest BCUT2D eigenvalue weighted by atomic mass is 16.2. The predicted molar refractivity (Wildman–Crippen MR) is 86.0 cm³/mol. The van der Waals surface area contributed by atoms with Gasteiger partial charge in [-0.3, -0.25) is 9.69 Å². The molecular weight excluding hydrogens is 262 g/mol. The number of amides is 1. The van der Waals surface area contributed by atoms with Gasteiger partial charge in [-0.25, -0.2) is 0 Å². The smallest absolute Gasteiger partial charge is 0.237 e. The van der Waals surface area contributed by atoms with Crippen LogP contribution in [0.1, 0.15) is 31.7 Å². The Kier molecular flexibility index (Phi) is 6.21. The summed E-state index contributed by atoms with van der Waals surface area (Å²) in [7, 11) is 0. The zero-order chi connectivity index (χ0) is 15.1. The first-order valence-corrected chi connectivity index (χ1v) is 7.98. The molecule has 4 nitrogen and oxygen atoms in total. The second-order valence-corrected chi connectivity index (χ2v) is 5.97. The van der Waals surface area contributed by atoms with Crippen molar-refractivity contribution in [1.29, 1.82) is 0 Å². The zero-order valence-corrected chi connectivity index (χ0v) is 12.9. The number of hydrogen-bond acceptors (Lipinski definition) is 3. The number of carbonyl (C=O) groups is 1. The van der Waals surface area contributed by atoms with Crippen LogP contribution in [0, 0.1) is 0 Å². The summed E-state index contributed by atoms with van der Waals surface area (Å²) in [6, 6.07) is 10.1. The summed E-state index contributed by atoms with van der Waals surface area (Å²) in [6.07, 6.45) is 4.45. The fraction of sp³-hybridized carbons (Fsp3) is 0.588. The van der Waals surface area contributed by atoms with Crippen LogP contribution in [0.25, 0.3) is 0 Å². The second-order valence-electron chi connectivity index (χ2n) is 5.97. The quantitative estimate of drug-likeness (QED) is 0.835. The minimum Gasteiger partial charge on any atom is -0.353 e. The average molecular weight is 289 g/mol. The lowest BCUT2D eigenvalue weighted by molar-refractivity contribution is -0.122. The number of hydrogen-bond donors (Lipinski definition) is 2. The highest BCUT2D eigenvalue weighted by Crippen LogP contribution is 2.15. The van der Waals surface area contributed by atoms with Gasteiger partial charge < -0.3 is 11.1 Å². The van der Waals surface area contributed by atoms with Crippen LogP contribution in [0.15, 0.2) is 30.3 Å². The minimum absolute atomic E-state index is 0.0523. The summed E-state index contributed by atoms with van der Waals surface area (Å²) in [6.45, 7) is 5.02. The third-order valence-corrected chi connectivity index (χ3v) is 4.27. The maximum atomic E-state index is 12.0. The van der Waals surface area contributed by atoms with Crippen molar-refractivity contribution in [1.82, 2.24) is 10.2 Å². The number of nitrogens with zero attached hydrogens (tertiary/aromatic N) is 1. The monoisotopic (exact) mass is 289 g/mol. The van der Waals surface area contributed by atoms with Gasteiger partial charge in [0.25, 0.3) is 0 Å². The Labute approximate surface area is 127 Å². The Morgan fingerprint density at radius 3 is 2.86 bits per heavy atom. The fourth-order valence-electron chi connectivity index (χ4n) is 2.90. The largest absolute Gasteiger partial charge is 0.353 e. The molecule has 1 aliphatic rings. The van der Waals surface area contributed by atoms with Gasteiger partial charge in [-0.2, -0.15) is 0 Å². The van der Waals surface area contributed by atoms with Crippen molar-refractivity contribution in [2.24, 2.45) is 5.73 Å². The molecule has 1 amide bonds. The zero-order valence-electron chi connectivity index (χ0n) is 12.9. The van der Waals surface area contributed by atoms with Gasteiger partial charge in [0.05, 0.1) is 6.04 Å². The maximum absolute atomic E-state index is 12.0. The van der Waals surface area contributed by atoms with Gasteiger partial charge in [-0.15, -0.1) is 0 Å². The van der Waals surface area contributed by atoms with E-state index in [4.69, 9.17) is 5.73 Å². The van der Waals surface area contributed by atoms with E-state index in [0.29, 0.717) is 19.0 Å². The van der Waals surface area contributed by atoms with Crippen molar-refractivity contribution in [3.05, 3.63) is 35.9 Å². The molecule has 21 heavy (non-hydrogen) atoms. The molecule has 1 saturated heterocycles. The SMILES string of the molecule is CC1CCCCN1CCNC(=O)C(N)Cc1ccccc1. The van der Waals surface area contributed by atoms with Crippen molar-refractivity contribution in [3.8, 4) is 0 Å². The molecule has 0 bridgehead atoms. The number of nitrogens with two attached hydrogens (primary N) is 1. The molecule has 2 rings (SSSR count). The normalized spacial score (nSPS) is 21.0. The lowest BCUT2D eigenvalue weighted by atomic mass is 10.0. The van der Waals surface area contributed by atoms with Gasteiger partial charge >= 0.3 is 0 Å². The molecule has 4 heteroatoms. The van der Waals surface area contributed by atoms with Gasteiger partial charge in [-0.1, -0.05) is 36.8 Å². The van der Waals surface area contributed by atoms with E-state index in [0.717, 1.165) is 18.7 Å². The van der Waals surface area contributed by atoms with E-state index in [1.165, 1.54) is 19.3 Å². The van der Waals surface area contributed by atoms with Gasteiger partial charge in [0.15, 0.2) is 0 Å². The number of likely N-dealkylation sites (tertiary alicyclic amines) is 1. The van der Waals surface area contributed by atoms with Gasteiger partial charge in [-0.05, 0) is 38.3 Å². The number of piperidine rings is 1. The number of benzene rings is 1.